The second-order valence-electron chi connectivity index (χ2n) is 4.13. The minimum absolute atomic E-state index is 0.386. The molecule has 1 unspecified atom stereocenters. The Hall–Kier alpha value is 0.0169. The molecule has 102 valence electrons. The molecule has 0 spiro atoms. The minimum atomic E-state index is -2.53. The molecule has 1 rings (SSSR count). The molecule has 0 bridgehead atoms. The van der Waals surface area contributed by atoms with Crippen LogP contribution in [0.5, 0.6) is 0 Å². The zero-order valence-electron chi connectivity index (χ0n) is 11.4. The van der Waals surface area contributed by atoms with Crippen molar-refractivity contribution in [2.45, 2.75) is 26.9 Å². The quantitative estimate of drug-likeness (QED) is 0.433. The molecule has 1 heterocycles. The van der Waals surface area contributed by atoms with E-state index in [0.717, 1.165) is 19.3 Å². The van der Waals surface area contributed by atoms with E-state index in [1.807, 2.05) is 20.8 Å². The maximum absolute atomic E-state index is 5.80. The first-order valence-corrected chi connectivity index (χ1v) is 8.31. The molecule has 1 aliphatic heterocycles. The summed E-state index contributed by atoms with van der Waals surface area (Å²) in [7, 11) is -0.471. The Morgan fingerprint density at radius 3 is 1.94 bits per heavy atom. The van der Waals surface area contributed by atoms with Crippen molar-refractivity contribution in [2.24, 2.45) is 0 Å². The molecular formula is C11H25NO4Si. The Balaban J connectivity index is 2.50. The Kier molecular flexibility index (Phi) is 6.61. The standard InChI is InChI=1S/C11H25NO4Si/c1-5-14-17(15-6-2,16-7-3)10-12(4)8-11-9-13-11/h11H,5-10H2,1-4H3. The molecule has 5 nitrogen and oxygen atoms in total. The second kappa shape index (κ2) is 7.45. The number of hydrogen-bond acceptors (Lipinski definition) is 5. The van der Waals surface area contributed by atoms with Gasteiger partial charge >= 0.3 is 8.80 Å². The third-order valence-electron chi connectivity index (χ3n) is 2.47. The van der Waals surface area contributed by atoms with Crippen LogP contribution in [0.25, 0.3) is 0 Å². The highest BCUT2D eigenvalue weighted by atomic mass is 28.4. The second-order valence-corrected chi connectivity index (χ2v) is 6.68. The van der Waals surface area contributed by atoms with Crippen LogP contribution >= 0.6 is 0 Å². The van der Waals surface area contributed by atoms with E-state index in [4.69, 9.17) is 18.0 Å². The van der Waals surface area contributed by atoms with Crippen LogP contribution in [0.4, 0.5) is 0 Å². The van der Waals surface area contributed by atoms with E-state index in [1.54, 1.807) is 0 Å². The first-order chi connectivity index (χ1) is 8.15. The fourth-order valence-corrected chi connectivity index (χ4v) is 4.47. The van der Waals surface area contributed by atoms with Gasteiger partial charge in [0, 0.05) is 26.4 Å². The first-order valence-electron chi connectivity index (χ1n) is 6.37. The van der Waals surface area contributed by atoms with Crippen LogP contribution < -0.4 is 0 Å². The number of hydrogen-bond donors (Lipinski definition) is 0. The van der Waals surface area contributed by atoms with Gasteiger partial charge in [-0.15, -0.1) is 0 Å². The maximum Gasteiger partial charge on any atom is 0.515 e. The summed E-state index contributed by atoms with van der Waals surface area (Å²) in [6, 6.07) is 0. The van der Waals surface area contributed by atoms with Gasteiger partial charge in [0.25, 0.3) is 0 Å². The Bertz CT molecular complexity index is 197. The SMILES string of the molecule is CCO[Si](CN(C)CC1CO1)(OCC)OCC. The molecule has 0 N–H and O–H groups in total. The lowest BCUT2D eigenvalue weighted by Crippen LogP contribution is -2.55. The smallest absolute Gasteiger partial charge is 0.373 e. The number of ether oxygens (including phenoxy) is 1. The summed E-state index contributed by atoms with van der Waals surface area (Å²) >= 11 is 0. The highest BCUT2D eigenvalue weighted by Gasteiger charge is 2.42. The summed E-state index contributed by atoms with van der Waals surface area (Å²) in [4.78, 5) is 2.19. The van der Waals surface area contributed by atoms with Gasteiger partial charge in [-0.25, -0.2) is 0 Å². The van der Waals surface area contributed by atoms with Crippen molar-refractivity contribution in [1.29, 1.82) is 0 Å². The van der Waals surface area contributed by atoms with Gasteiger partial charge in [0.15, 0.2) is 0 Å². The largest absolute Gasteiger partial charge is 0.515 e. The molecule has 6 heteroatoms. The van der Waals surface area contributed by atoms with Gasteiger partial charge in [-0.2, -0.15) is 0 Å². The summed E-state index contributed by atoms with van der Waals surface area (Å²) in [6.45, 7) is 9.59. The summed E-state index contributed by atoms with van der Waals surface area (Å²) in [5.41, 5.74) is 0. The van der Waals surface area contributed by atoms with Crippen molar-refractivity contribution < 1.29 is 18.0 Å². The average molecular weight is 263 g/mol. The lowest BCUT2D eigenvalue weighted by molar-refractivity contribution is 0.0590. The van der Waals surface area contributed by atoms with Crippen LogP contribution in [-0.2, 0) is 18.0 Å². The van der Waals surface area contributed by atoms with Crippen LogP contribution in [0, 0.1) is 0 Å². The molecular weight excluding hydrogens is 238 g/mol. The third kappa shape index (κ3) is 5.46. The van der Waals surface area contributed by atoms with Crippen molar-refractivity contribution in [1.82, 2.24) is 4.90 Å². The van der Waals surface area contributed by atoms with Gasteiger partial charge in [0.05, 0.1) is 18.9 Å². The van der Waals surface area contributed by atoms with E-state index in [2.05, 4.69) is 11.9 Å². The topological polar surface area (TPSA) is 43.5 Å². The normalized spacial score (nSPS) is 19.9. The van der Waals surface area contributed by atoms with Crippen molar-refractivity contribution >= 4 is 8.80 Å². The van der Waals surface area contributed by atoms with E-state index in [0.29, 0.717) is 25.9 Å². The molecule has 0 radical (unpaired) electrons. The van der Waals surface area contributed by atoms with Gasteiger partial charge in [0.2, 0.25) is 0 Å². The number of rotatable bonds is 10. The van der Waals surface area contributed by atoms with E-state index >= 15 is 0 Å². The first kappa shape index (κ1) is 15.1. The van der Waals surface area contributed by atoms with Gasteiger partial charge < -0.3 is 18.0 Å². The van der Waals surface area contributed by atoms with Crippen LogP contribution in [0.3, 0.4) is 0 Å². The Morgan fingerprint density at radius 1 is 1.12 bits per heavy atom. The van der Waals surface area contributed by atoms with Crippen molar-refractivity contribution in [3.8, 4) is 0 Å². The zero-order valence-corrected chi connectivity index (χ0v) is 12.4. The van der Waals surface area contributed by atoms with Crippen LogP contribution in [0.15, 0.2) is 0 Å². The lowest BCUT2D eigenvalue weighted by Gasteiger charge is -2.31. The third-order valence-corrected chi connectivity index (χ3v) is 5.59. The molecule has 0 saturated carbocycles. The van der Waals surface area contributed by atoms with Crippen molar-refractivity contribution in [2.75, 3.05) is 46.2 Å². The van der Waals surface area contributed by atoms with E-state index in [1.165, 1.54) is 0 Å². The minimum Gasteiger partial charge on any atom is -0.373 e. The molecule has 0 aromatic rings. The molecule has 0 aromatic carbocycles. The predicted molar refractivity (Wildman–Crippen MR) is 67.9 cm³/mol. The van der Waals surface area contributed by atoms with Gasteiger partial charge in [-0.05, 0) is 27.8 Å². The molecule has 0 amide bonds. The van der Waals surface area contributed by atoms with Gasteiger partial charge in [-0.3, -0.25) is 4.90 Å². The molecule has 1 atom stereocenters. The van der Waals surface area contributed by atoms with Gasteiger partial charge in [-0.1, -0.05) is 0 Å². The molecule has 1 saturated heterocycles. The van der Waals surface area contributed by atoms with E-state index in [-0.39, 0.29) is 0 Å². The highest BCUT2D eigenvalue weighted by Crippen LogP contribution is 2.15. The molecule has 1 aliphatic rings. The predicted octanol–water partition coefficient (Wildman–Crippen LogP) is 0.905. The van der Waals surface area contributed by atoms with Crippen LogP contribution in [0.2, 0.25) is 0 Å². The number of epoxide rings is 1. The average Bonchev–Trinajstić information content (AvgIpc) is 3.02. The zero-order chi connectivity index (χ0) is 12.7. The fraction of sp³-hybridized carbons (Fsp3) is 1.00. The molecule has 1 fully saturated rings. The number of nitrogens with zero attached hydrogens (tertiary/aromatic N) is 1. The highest BCUT2D eigenvalue weighted by molar-refractivity contribution is 6.60. The van der Waals surface area contributed by atoms with Crippen molar-refractivity contribution in [3.63, 3.8) is 0 Å². The Labute approximate surface area is 105 Å². The monoisotopic (exact) mass is 263 g/mol. The van der Waals surface area contributed by atoms with E-state index in [9.17, 15) is 0 Å². The summed E-state index contributed by atoms with van der Waals surface area (Å²) in [5, 5.41) is 0. The molecule has 0 aromatic heterocycles. The fourth-order valence-electron chi connectivity index (χ4n) is 1.84. The van der Waals surface area contributed by atoms with Crippen LogP contribution in [0.1, 0.15) is 20.8 Å². The number of likely N-dealkylation sites (N-methyl/N-ethyl adjacent to an activating group) is 1. The summed E-state index contributed by atoms with van der Waals surface area (Å²) < 4.78 is 22.6. The lowest BCUT2D eigenvalue weighted by atomic mass is 10.5. The van der Waals surface area contributed by atoms with Crippen LogP contribution in [-0.4, -0.2) is 66.0 Å². The maximum atomic E-state index is 5.80. The van der Waals surface area contributed by atoms with Crippen molar-refractivity contribution in [3.05, 3.63) is 0 Å². The van der Waals surface area contributed by atoms with Gasteiger partial charge in [0.1, 0.15) is 0 Å². The molecule has 0 aliphatic carbocycles. The molecule has 17 heavy (non-hydrogen) atoms. The Morgan fingerprint density at radius 2 is 1.59 bits per heavy atom. The summed E-state index contributed by atoms with van der Waals surface area (Å²) in [5.74, 6) is 0. The van der Waals surface area contributed by atoms with E-state index < -0.39 is 8.80 Å². The summed E-state index contributed by atoms with van der Waals surface area (Å²) in [6.07, 6.45) is 1.11.